The lowest BCUT2D eigenvalue weighted by Gasteiger charge is -2.14. The number of hydrogen-bond donors (Lipinski definition) is 2. The number of nitrogens with two attached hydrogens (primary N) is 1. The standard InChI is InChI=1S/C9H9F3N2O3/c1-2-14-5(15)3-4(9(10,11)12)6(7(13)16)8(14)17/h3,17H,2H2,1H3,(H2,13,16). The van der Waals surface area contributed by atoms with E-state index in [4.69, 9.17) is 5.73 Å². The van der Waals surface area contributed by atoms with Crippen molar-refractivity contribution in [3.05, 3.63) is 27.5 Å². The highest BCUT2D eigenvalue weighted by atomic mass is 19.4. The lowest BCUT2D eigenvalue weighted by molar-refractivity contribution is -0.138. The van der Waals surface area contributed by atoms with E-state index < -0.39 is 34.6 Å². The Hall–Kier alpha value is -1.99. The molecule has 0 spiro atoms. The molecule has 8 heteroatoms. The summed E-state index contributed by atoms with van der Waals surface area (Å²) < 4.78 is 38.2. The zero-order valence-corrected chi connectivity index (χ0v) is 8.71. The van der Waals surface area contributed by atoms with Crippen LogP contribution in [0.5, 0.6) is 5.88 Å². The van der Waals surface area contributed by atoms with Crippen LogP contribution in [0.25, 0.3) is 0 Å². The van der Waals surface area contributed by atoms with Gasteiger partial charge in [0.15, 0.2) is 0 Å². The van der Waals surface area contributed by atoms with E-state index in [0.29, 0.717) is 4.57 Å². The Morgan fingerprint density at radius 2 is 2.06 bits per heavy atom. The summed E-state index contributed by atoms with van der Waals surface area (Å²) in [7, 11) is 0. The van der Waals surface area contributed by atoms with Crippen molar-refractivity contribution < 1.29 is 23.1 Å². The van der Waals surface area contributed by atoms with Gasteiger partial charge in [0.25, 0.3) is 11.5 Å². The number of amides is 1. The lowest BCUT2D eigenvalue weighted by atomic mass is 10.1. The molecule has 1 aromatic heterocycles. The fraction of sp³-hybridized carbons (Fsp3) is 0.333. The molecular weight excluding hydrogens is 241 g/mol. The topological polar surface area (TPSA) is 85.3 Å². The second kappa shape index (κ2) is 4.11. The van der Waals surface area contributed by atoms with Crippen LogP contribution in [0.2, 0.25) is 0 Å². The summed E-state index contributed by atoms with van der Waals surface area (Å²) in [6.45, 7) is 1.35. The van der Waals surface area contributed by atoms with Gasteiger partial charge >= 0.3 is 6.18 Å². The molecule has 0 bridgehead atoms. The number of alkyl halides is 3. The van der Waals surface area contributed by atoms with Crippen molar-refractivity contribution in [3.8, 4) is 5.88 Å². The summed E-state index contributed by atoms with van der Waals surface area (Å²) >= 11 is 0. The van der Waals surface area contributed by atoms with Gasteiger partial charge in [-0.15, -0.1) is 0 Å². The van der Waals surface area contributed by atoms with E-state index in [1.54, 1.807) is 0 Å². The first-order chi connectivity index (χ1) is 7.70. The molecule has 0 aromatic carbocycles. The van der Waals surface area contributed by atoms with Gasteiger partial charge in [-0.25, -0.2) is 0 Å². The van der Waals surface area contributed by atoms with Gasteiger partial charge in [0.2, 0.25) is 5.88 Å². The third-order valence-corrected chi connectivity index (χ3v) is 2.15. The van der Waals surface area contributed by atoms with E-state index in [9.17, 15) is 27.9 Å². The highest BCUT2D eigenvalue weighted by molar-refractivity contribution is 5.96. The van der Waals surface area contributed by atoms with Gasteiger partial charge in [0.1, 0.15) is 5.56 Å². The van der Waals surface area contributed by atoms with Crippen molar-refractivity contribution in [2.75, 3.05) is 0 Å². The van der Waals surface area contributed by atoms with Gasteiger partial charge in [0.05, 0.1) is 5.56 Å². The maximum atomic E-state index is 12.5. The largest absolute Gasteiger partial charge is 0.494 e. The zero-order valence-electron chi connectivity index (χ0n) is 8.71. The van der Waals surface area contributed by atoms with Crippen LogP contribution in [0.4, 0.5) is 13.2 Å². The number of aromatic hydroxyl groups is 1. The molecule has 1 aromatic rings. The van der Waals surface area contributed by atoms with Crippen molar-refractivity contribution in [2.45, 2.75) is 19.6 Å². The molecule has 0 atom stereocenters. The molecule has 17 heavy (non-hydrogen) atoms. The Kier molecular flexibility index (Phi) is 3.16. The van der Waals surface area contributed by atoms with Crippen molar-refractivity contribution in [1.82, 2.24) is 4.57 Å². The van der Waals surface area contributed by atoms with E-state index in [0.717, 1.165) is 0 Å². The molecule has 1 amide bonds. The summed E-state index contributed by atoms with van der Waals surface area (Å²) in [6.07, 6.45) is -4.94. The predicted octanol–water partition coefficient (Wildman–Crippen LogP) is 0.692. The molecule has 0 aliphatic carbocycles. The second-order valence-electron chi connectivity index (χ2n) is 3.20. The van der Waals surface area contributed by atoms with Crippen molar-refractivity contribution in [3.63, 3.8) is 0 Å². The molecule has 5 nitrogen and oxygen atoms in total. The molecule has 1 heterocycles. The van der Waals surface area contributed by atoms with Crippen molar-refractivity contribution in [1.29, 1.82) is 0 Å². The third-order valence-electron chi connectivity index (χ3n) is 2.15. The number of rotatable bonds is 2. The average molecular weight is 250 g/mol. The van der Waals surface area contributed by atoms with Crippen LogP contribution in [0.3, 0.4) is 0 Å². The fourth-order valence-corrected chi connectivity index (χ4v) is 1.41. The van der Waals surface area contributed by atoms with Crippen LogP contribution in [-0.2, 0) is 12.7 Å². The SMILES string of the molecule is CCn1c(O)c(C(N)=O)c(C(F)(F)F)cc1=O. The fourth-order valence-electron chi connectivity index (χ4n) is 1.41. The third kappa shape index (κ3) is 2.24. The summed E-state index contributed by atoms with van der Waals surface area (Å²) in [5, 5.41) is 9.45. The van der Waals surface area contributed by atoms with E-state index in [2.05, 4.69) is 0 Å². The van der Waals surface area contributed by atoms with Gasteiger partial charge in [0, 0.05) is 12.6 Å². The Morgan fingerprint density at radius 3 is 2.41 bits per heavy atom. The summed E-state index contributed by atoms with van der Waals surface area (Å²) in [5.41, 5.74) is 1.09. The minimum Gasteiger partial charge on any atom is -0.494 e. The summed E-state index contributed by atoms with van der Waals surface area (Å²) in [4.78, 5) is 22.2. The zero-order chi connectivity index (χ0) is 13.4. The number of primary amides is 1. The molecular formula is C9H9F3N2O3. The maximum Gasteiger partial charge on any atom is 0.417 e. The molecule has 0 aliphatic heterocycles. The van der Waals surface area contributed by atoms with Crippen LogP contribution in [-0.4, -0.2) is 15.6 Å². The van der Waals surface area contributed by atoms with Gasteiger partial charge in [-0.3, -0.25) is 14.2 Å². The summed E-state index contributed by atoms with van der Waals surface area (Å²) in [6, 6.07) is 0.239. The molecule has 0 unspecified atom stereocenters. The van der Waals surface area contributed by atoms with Crippen LogP contribution >= 0.6 is 0 Å². The molecule has 94 valence electrons. The monoisotopic (exact) mass is 250 g/mol. The highest BCUT2D eigenvalue weighted by Gasteiger charge is 2.38. The van der Waals surface area contributed by atoms with Crippen molar-refractivity contribution in [2.24, 2.45) is 5.73 Å². The first-order valence-corrected chi connectivity index (χ1v) is 4.54. The Labute approximate surface area is 93.3 Å². The van der Waals surface area contributed by atoms with Crippen LogP contribution < -0.4 is 11.3 Å². The predicted molar refractivity (Wildman–Crippen MR) is 51.6 cm³/mol. The molecule has 0 radical (unpaired) electrons. The summed E-state index contributed by atoms with van der Waals surface area (Å²) in [5.74, 6) is -2.52. The van der Waals surface area contributed by atoms with E-state index >= 15 is 0 Å². The van der Waals surface area contributed by atoms with Crippen LogP contribution in [0, 0.1) is 0 Å². The molecule has 0 aliphatic rings. The molecule has 0 fully saturated rings. The normalized spacial score (nSPS) is 11.5. The second-order valence-corrected chi connectivity index (χ2v) is 3.20. The Balaban J connectivity index is 3.75. The lowest BCUT2D eigenvalue weighted by Crippen LogP contribution is -2.28. The van der Waals surface area contributed by atoms with Crippen LogP contribution in [0.15, 0.2) is 10.9 Å². The quantitative estimate of drug-likeness (QED) is 0.809. The molecule has 3 N–H and O–H groups in total. The first kappa shape index (κ1) is 13.1. The average Bonchev–Trinajstić information content (AvgIpc) is 2.15. The molecule has 1 rings (SSSR count). The van der Waals surface area contributed by atoms with E-state index in [1.807, 2.05) is 0 Å². The highest BCUT2D eigenvalue weighted by Crippen LogP contribution is 2.34. The van der Waals surface area contributed by atoms with E-state index in [-0.39, 0.29) is 12.6 Å². The molecule has 0 saturated carbocycles. The van der Waals surface area contributed by atoms with Gasteiger partial charge in [-0.2, -0.15) is 13.2 Å². The minimum absolute atomic E-state index is 0.0803. The van der Waals surface area contributed by atoms with Gasteiger partial charge in [-0.1, -0.05) is 0 Å². The number of aromatic nitrogens is 1. The van der Waals surface area contributed by atoms with Gasteiger partial charge < -0.3 is 10.8 Å². The molecule has 0 saturated heterocycles. The number of nitrogens with zero attached hydrogens (tertiary/aromatic N) is 1. The number of carbonyl (C=O) groups excluding carboxylic acids is 1. The Morgan fingerprint density at radius 1 is 1.53 bits per heavy atom. The smallest absolute Gasteiger partial charge is 0.417 e. The van der Waals surface area contributed by atoms with Crippen molar-refractivity contribution >= 4 is 5.91 Å². The van der Waals surface area contributed by atoms with Gasteiger partial charge in [-0.05, 0) is 6.92 Å². The maximum absolute atomic E-state index is 12.5. The number of carbonyl (C=O) groups is 1. The number of hydrogen-bond acceptors (Lipinski definition) is 3. The van der Waals surface area contributed by atoms with Crippen LogP contribution in [0.1, 0.15) is 22.8 Å². The number of halogens is 3. The number of pyridine rings is 1. The Bertz CT molecular complexity index is 519. The minimum atomic E-state index is -4.94. The first-order valence-electron chi connectivity index (χ1n) is 4.54. The van der Waals surface area contributed by atoms with E-state index in [1.165, 1.54) is 6.92 Å².